The van der Waals surface area contributed by atoms with Crippen molar-refractivity contribution in [3.63, 3.8) is 0 Å². The molecule has 0 spiro atoms. The smallest absolute Gasteiger partial charge is 0.243 e. The second-order valence-corrected chi connectivity index (χ2v) is 6.73. The molecule has 1 N–H and O–H groups in total. The minimum Gasteiger partial charge on any atom is -0.381 e. The average Bonchev–Trinajstić information content (AvgIpc) is 3.10. The maximum absolute atomic E-state index is 12.1. The highest BCUT2D eigenvalue weighted by Crippen LogP contribution is 2.30. The molecule has 25 heavy (non-hydrogen) atoms. The maximum atomic E-state index is 12.1. The molecule has 2 heterocycles. The second-order valence-electron chi connectivity index (χ2n) is 6.73. The van der Waals surface area contributed by atoms with Gasteiger partial charge in [-0.25, -0.2) is 4.98 Å². The molecule has 2 aromatic rings. The van der Waals surface area contributed by atoms with Crippen molar-refractivity contribution >= 4 is 5.91 Å². The zero-order valence-corrected chi connectivity index (χ0v) is 14.6. The summed E-state index contributed by atoms with van der Waals surface area (Å²) in [4.78, 5) is 16.3. The fourth-order valence-corrected chi connectivity index (χ4v) is 2.99. The number of benzene rings is 1. The number of aromatic nitrogens is 2. The van der Waals surface area contributed by atoms with Crippen LogP contribution in [-0.2, 0) is 16.1 Å². The third-order valence-electron chi connectivity index (χ3n) is 4.71. The molecule has 5 nitrogen and oxygen atoms in total. The summed E-state index contributed by atoms with van der Waals surface area (Å²) >= 11 is 0. The topological polar surface area (TPSA) is 56.2 Å². The van der Waals surface area contributed by atoms with Crippen LogP contribution in [0.25, 0.3) is 11.3 Å². The van der Waals surface area contributed by atoms with Gasteiger partial charge < -0.3 is 14.6 Å². The van der Waals surface area contributed by atoms with Gasteiger partial charge in [-0.15, -0.1) is 0 Å². The van der Waals surface area contributed by atoms with Gasteiger partial charge in [0.25, 0.3) is 0 Å². The quantitative estimate of drug-likeness (QED) is 0.823. The van der Waals surface area contributed by atoms with Gasteiger partial charge in [-0.2, -0.15) is 0 Å². The van der Waals surface area contributed by atoms with Gasteiger partial charge in [0, 0.05) is 26.3 Å². The van der Waals surface area contributed by atoms with Crippen molar-refractivity contribution in [2.24, 2.45) is 5.41 Å². The van der Waals surface area contributed by atoms with E-state index in [4.69, 9.17) is 4.74 Å². The number of carbonyl (C=O) groups excluding carboxylic acids is 1. The van der Waals surface area contributed by atoms with Crippen LogP contribution in [0.2, 0.25) is 0 Å². The minimum atomic E-state index is -0.0471. The van der Waals surface area contributed by atoms with Crippen LogP contribution in [-0.4, -0.2) is 35.2 Å². The van der Waals surface area contributed by atoms with E-state index in [1.807, 2.05) is 30.5 Å². The highest BCUT2D eigenvalue weighted by atomic mass is 16.5. The normalized spacial score (nSPS) is 16.8. The van der Waals surface area contributed by atoms with Gasteiger partial charge in [0.05, 0.1) is 18.2 Å². The Morgan fingerprint density at radius 3 is 2.84 bits per heavy atom. The number of allylic oxidation sites excluding steroid dienone is 1. The van der Waals surface area contributed by atoms with Gasteiger partial charge in [-0.05, 0) is 29.9 Å². The Kier molecular flexibility index (Phi) is 5.66. The molecule has 1 aliphatic rings. The van der Waals surface area contributed by atoms with Crippen LogP contribution in [0.4, 0.5) is 0 Å². The Morgan fingerprint density at radius 1 is 1.32 bits per heavy atom. The molecule has 132 valence electrons. The molecule has 0 radical (unpaired) electrons. The van der Waals surface area contributed by atoms with E-state index in [9.17, 15) is 4.79 Å². The summed E-state index contributed by atoms with van der Waals surface area (Å²) in [5, 5.41) is 2.95. The van der Waals surface area contributed by atoms with E-state index in [-0.39, 0.29) is 11.3 Å². The van der Waals surface area contributed by atoms with Crippen molar-refractivity contribution in [3.05, 3.63) is 55.0 Å². The molecule has 0 bridgehead atoms. The Bertz CT molecular complexity index is 716. The predicted molar refractivity (Wildman–Crippen MR) is 98.0 cm³/mol. The number of nitrogens with one attached hydrogen (secondary N) is 1. The summed E-state index contributed by atoms with van der Waals surface area (Å²) in [5.74, 6) is -0.0471. The first-order valence-corrected chi connectivity index (χ1v) is 8.77. The SMILES string of the molecule is CC1(/C=C/C(=O)NCCn2cncc2-c2ccccc2)CCOCC1. The van der Waals surface area contributed by atoms with Crippen LogP contribution in [0.5, 0.6) is 0 Å². The standard InChI is InChI=1S/C20H25N3O2/c1-20(9-13-25-14-10-20)8-7-19(24)22-11-12-23-16-21-15-18(23)17-5-3-2-4-6-17/h2-8,15-16H,9-14H2,1H3,(H,22,24)/b8-7+. The Labute approximate surface area is 148 Å². The molecule has 3 rings (SSSR count). The highest BCUT2D eigenvalue weighted by Gasteiger charge is 2.24. The van der Waals surface area contributed by atoms with E-state index < -0.39 is 0 Å². The molecule has 1 fully saturated rings. The monoisotopic (exact) mass is 339 g/mol. The summed E-state index contributed by atoms with van der Waals surface area (Å²) in [6, 6.07) is 10.1. The summed E-state index contributed by atoms with van der Waals surface area (Å²) in [5.41, 5.74) is 2.25. The molecule has 5 heteroatoms. The van der Waals surface area contributed by atoms with E-state index in [0.717, 1.165) is 37.3 Å². The van der Waals surface area contributed by atoms with Gasteiger partial charge in [-0.3, -0.25) is 4.79 Å². The molecule has 1 saturated heterocycles. The number of hydrogen-bond donors (Lipinski definition) is 1. The van der Waals surface area contributed by atoms with E-state index in [0.29, 0.717) is 13.1 Å². The summed E-state index contributed by atoms with van der Waals surface area (Å²) in [6.07, 6.45) is 9.27. The van der Waals surface area contributed by atoms with Crippen molar-refractivity contribution in [1.82, 2.24) is 14.9 Å². The van der Waals surface area contributed by atoms with E-state index >= 15 is 0 Å². The molecule has 0 saturated carbocycles. The Balaban J connectivity index is 1.50. The van der Waals surface area contributed by atoms with Crippen molar-refractivity contribution in [2.75, 3.05) is 19.8 Å². The molecule has 1 aliphatic heterocycles. The van der Waals surface area contributed by atoms with Gasteiger partial charge in [0.15, 0.2) is 0 Å². The van der Waals surface area contributed by atoms with E-state index in [1.54, 1.807) is 12.4 Å². The zero-order chi connectivity index (χ0) is 17.5. The summed E-state index contributed by atoms with van der Waals surface area (Å²) < 4.78 is 7.44. The first-order valence-electron chi connectivity index (χ1n) is 8.77. The van der Waals surface area contributed by atoms with Gasteiger partial charge in [0.1, 0.15) is 0 Å². The Morgan fingerprint density at radius 2 is 2.08 bits per heavy atom. The molecule has 1 aromatic carbocycles. The van der Waals surface area contributed by atoms with Crippen LogP contribution in [0, 0.1) is 5.41 Å². The molecule has 1 aromatic heterocycles. The lowest BCUT2D eigenvalue weighted by Crippen LogP contribution is -2.28. The number of imidazole rings is 1. The number of hydrogen-bond acceptors (Lipinski definition) is 3. The molecular weight excluding hydrogens is 314 g/mol. The predicted octanol–water partition coefficient (Wildman–Crippen LogP) is 3.04. The first-order chi connectivity index (χ1) is 12.2. The largest absolute Gasteiger partial charge is 0.381 e. The lowest BCUT2D eigenvalue weighted by atomic mass is 9.82. The molecule has 0 atom stereocenters. The van der Waals surface area contributed by atoms with Crippen LogP contribution in [0.1, 0.15) is 19.8 Å². The molecule has 0 aliphatic carbocycles. The fourth-order valence-electron chi connectivity index (χ4n) is 2.99. The van der Waals surface area contributed by atoms with Gasteiger partial charge in [-0.1, -0.05) is 43.3 Å². The molecule has 1 amide bonds. The lowest BCUT2D eigenvalue weighted by Gasteiger charge is -2.30. The van der Waals surface area contributed by atoms with Crippen LogP contribution in [0.3, 0.4) is 0 Å². The molecule has 0 unspecified atom stereocenters. The van der Waals surface area contributed by atoms with Crippen molar-refractivity contribution in [3.8, 4) is 11.3 Å². The van der Waals surface area contributed by atoms with Crippen LogP contribution >= 0.6 is 0 Å². The summed E-state index contributed by atoms with van der Waals surface area (Å²) in [6.45, 7) is 4.97. The van der Waals surface area contributed by atoms with Gasteiger partial charge in [0.2, 0.25) is 5.91 Å². The zero-order valence-electron chi connectivity index (χ0n) is 14.6. The van der Waals surface area contributed by atoms with E-state index in [1.165, 1.54) is 0 Å². The maximum Gasteiger partial charge on any atom is 0.243 e. The van der Waals surface area contributed by atoms with Crippen LogP contribution in [0.15, 0.2) is 55.0 Å². The average molecular weight is 339 g/mol. The number of carbonyl (C=O) groups is 1. The molecular formula is C20H25N3O2. The van der Waals surface area contributed by atoms with Crippen LogP contribution < -0.4 is 5.32 Å². The third-order valence-corrected chi connectivity index (χ3v) is 4.71. The number of rotatable bonds is 6. The number of amides is 1. The first kappa shape index (κ1) is 17.4. The highest BCUT2D eigenvalue weighted by molar-refractivity contribution is 5.87. The second kappa shape index (κ2) is 8.12. The van der Waals surface area contributed by atoms with Crippen molar-refractivity contribution in [2.45, 2.75) is 26.3 Å². The number of ether oxygens (including phenoxy) is 1. The fraction of sp³-hybridized carbons (Fsp3) is 0.400. The van der Waals surface area contributed by atoms with Crippen molar-refractivity contribution in [1.29, 1.82) is 0 Å². The Hall–Kier alpha value is -2.40. The third kappa shape index (κ3) is 4.79. The van der Waals surface area contributed by atoms with Gasteiger partial charge >= 0.3 is 0 Å². The number of nitrogens with zero attached hydrogens (tertiary/aromatic N) is 2. The summed E-state index contributed by atoms with van der Waals surface area (Å²) in [7, 11) is 0. The van der Waals surface area contributed by atoms with Crippen molar-refractivity contribution < 1.29 is 9.53 Å². The minimum absolute atomic E-state index is 0.0471. The lowest BCUT2D eigenvalue weighted by molar-refractivity contribution is -0.116. The van der Waals surface area contributed by atoms with E-state index in [2.05, 4.69) is 33.9 Å².